The number of rotatable bonds is 3. The number of likely N-dealkylation sites (N-methyl/N-ethyl adjacent to an activating group) is 1. The molecule has 1 aromatic carbocycles. The Bertz CT molecular complexity index is 682. The van der Waals surface area contributed by atoms with Gasteiger partial charge in [-0.3, -0.25) is 9.59 Å². The SMILES string of the molecule is CN1/C(=C\C=C(\N)C=O)C(=O)NC1(C)c1cc(F)cc(Cl)c1. The molecule has 1 amide bonds. The number of hydrogen-bond donors (Lipinski definition) is 2. The average Bonchev–Trinajstić information content (AvgIpc) is 2.67. The Balaban J connectivity index is 2.45. The van der Waals surface area contributed by atoms with Gasteiger partial charge in [0.1, 0.15) is 17.2 Å². The van der Waals surface area contributed by atoms with Gasteiger partial charge in [-0.15, -0.1) is 0 Å². The highest BCUT2D eigenvalue weighted by molar-refractivity contribution is 6.30. The first-order valence-corrected chi connectivity index (χ1v) is 6.81. The van der Waals surface area contributed by atoms with Crippen LogP contribution in [0, 0.1) is 5.82 Å². The maximum Gasteiger partial charge on any atom is 0.269 e. The molecule has 1 aliphatic heterocycles. The standard InChI is InChI=1S/C15H15ClFN3O2/c1-15(9-5-10(16)7-11(17)6-9)19-14(22)13(20(15)2)4-3-12(18)8-21/h3-8H,18H2,1-2H3,(H,19,22)/b12-3+,13-4-. The summed E-state index contributed by atoms with van der Waals surface area (Å²) in [6.07, 6.45) is 3.25. The molecule has 2 rings (SSSR count). The summed E-state index contributed by atoms with van der Waals surface area (Å²) in [6, 6.07) is 4.08. The van der Waals surface area contributed by atoms with Crippen molar-refractivity contribution in [3.8, 4) is 0 Å². The molecule has 1 atom stereocenters. The lowest BCUT2D eigenvalue weighted by atomic mass is 10.0. The molecule has 1 aliphatic rings. The highest BCUT2D eigenvalue weighted by Gasteiger charge is 2.43. The van der Waals surface area contributed by atoms with E-state index >= 15 is 0 Å². The largest absolute Gasteiger partial charge is 0.396 e. The maximum absolute atomic E-state index is 13.6. The number of nitrogens with one attached hydrogen (secondary N) is 1. The lowest BCUT2D eigenvalue weighted by Gasteiger charge is -2.33. The molecule has 7 heteroatoms. The van der Waals surface area contributed by atoms with Crippen molar-refractivity contribution in [2.75, 3.05) is 7.05 Å². The summed E-state index contributed by atoms with van der Waals surface area (Å²) < 4.78 is 13.6. The molecular formula is C15H15ClFN3O2. The van der Waals surface area contributed by atoms with E-state index in [-0.39, 0.29) is 16.6 Å². The topological polar surface area (TPSA) is 75.4 Å². The number of halogens is 2. The number of allylic oxidation sites excluding steroid dienone is 3. The lowest BCUT2D eigenvalue weighted by Crippen LogP contribution is -2.44. The molecule has 0 spiro atoms. The average molecular weight is 324 g/mol. The van der Waals surface area contributed by atoms with E-state index in [1.165, 1.54) is 24.3 Å². The van der Waals surface area contributed by atoms with Crippen LogP contribution >= 0.6 is 11.6 Å². The van der Waals surface area contributed by atoms with Crippen LogP contribution in [0.25, 0.3) is 0 Å². The molecule has 22 heavy (non-hydrogen) atoms. The van der Waals surface area contributed by atoms with E-state index in [0.717, 1.165) is 0 Å². The summed E-state index contributed by atoms with van der Waals surface area (Å²) >= 11 is 5.88. The van der Waals surface area contributed by atoms with Gasteiger partial charge in [0.25, 0.3) is 5.91 Å². The number of nitrogens with two attached hydrogens (primary N) is 1. The van der Waals surface area contributed by atoms with E-state index in [0.29, 0.717) is 17.5 Å². The van der Waals surface area contributed by atoms with Crippen LogP contribution in [-0.2, 0) is 15.3 Å². The Morgan fingerprint density at radius 2 is 2.14 bits per heavy atom. The van der Waals surface area contributed by atoms with E-state index in [1.807, 2.05) is 0 Å². The van der Waals surface area contributed by atoms with E-state index in [2.05, 4.69) is 5.32 Å². The van der Waals surface area contributed by atoms with Crippen molar-refractivity contribution in [1.82, 2.24) is 10.2 Å². The highest BCUT2D eigenvalue weighted by atomic mass is 35.5. The van der Waals surface area contributed by atoms with E-state index in [1.54, 1.807) is 24.9 Å². The van der Waals surface area contributed by atoms with Crippen LogP contribution in [0.1, 0.15) is 12.5 Å². The Hall–Kier alpha value is -2.34. The zero-order valence-corrected chi connectivity index (χ0v) is 12.8. The maximum atomic E-state index is 13.6. The van der Waals surface area contributed by atoms with Gasteiger partial charge >= 0.3 is 0 Å². The normalized spacial score (nSPS) is 23.8. The first-order chi connectivity index (χ1) is 10.3. The van der Waals surface area contributed by atoms with Gasteiger partial charge in [-0.05, 0) is 37.3 Å². The van der Waals surface area contributed by atoms with E-state index in [9.17, 15) is 14.0 Å². The fraction of sp³-hybridized carbons (Fsp3) is 0.200. The Labute approximate surface area is 132 Å². The van der Waals surface area contributed by atoms with Crippen molar-refractivity contribution in [1.29, 1.82) is 0 Å². The minimum absolute atomic E-state index is 0.00361. The molecule has 0 saturated carbocycles. The number of hydrogen-bond acceptors (Lipinski definition) is 4. The lowest BCUT2D eigenvalue weighted by molar-refractivity contribution is -0.117. The number of aldehydes is 1. The number of carbonyl (C=O) groups excluding carboxylic acids is 2. The molecule has 0 radical (unpaired) electrons. The second-order valence-corrected chi connectivity index (χ2v) is 5.52. The van der Waals surface area contributed by atoms with Gasteiger partial charge in [0.2, 0.25) is 0 Å². The first-order valence-electron chi connectivity index (χ1n) is 6.43. The molecule has 1 heterocycles. The third-order valence-corrected chi connectivity index (χ3v) is 3.83. The van der Waals surface area contributed by atoms with Crippen molar-refractivity contribution in [3.05, 3.63) is 58.1 Å². The monoisotopic (exact) mass is 323 g/mol. The highest BCUT2D eigenvalue weighted by Crippen LogP contribution is 2.34. The van der Waals surface area contributed by atoms with Crippen LogP contribution in [0.15, 0.2) is 41.7 Å². The van der Waals surface area contributed by atoms with Gasteiger partial charge in [-0.1, -0.05) is 11.6 Å². The quantitative estimate of drug-likeness (QED) is 0.655. The summed E-state index contributed by atoms with van der Waals surface area (Å²) in [7, 11) is 1.67. The summed E-state index contributed by atoms with van der Waals surface area (Å²) in [4.78, 5) is 24.3. The summed E-state index contributed by atoms with van der Waals surface area (Å²) in [5.74, 6) is -0.853. The van der Waals surface area contributed by atoms with Crippen LogP contribution in [-0.4, -0.2) is 24.1 Å². The first kappa shape index (κ1) is 16.0. The fourth-order valence-corrected chi connectivity index (χ4v) is 2.49. The molecule has 1 aromatic rings. The molecule has 1 saturated heterocycles. The fourth-order valence-electron chi connectivity index (χ4n) is 2.26. The molecule has 1 fully saturated rings. The molecule has 3 N–H and O–H groups in total. The van der Waals surface area contributed by atoms with Crippen LogP contribution in [0.4, 0.5) is 4.39 Å². The van der Waals surface area contributed by atoms with Gasteiger partial charge in [-0.2, -0.15) is 0 Å². The van der Waals surface area contributed by atoms with Crippen LogP contribution in [0.5, 0.6) is 0 Å². The van der Waals surface area contributed by atoms with Crippen molar-refractivity contribution in [2.24, 2.45) is 5.73 Å². The van der Waals surface area contributed by atoms with Crippen molar-refractivity contribution < 1.29 is 14.0 Å². The number of carbonyl (C=O) groups is 2. The molecule has 0 aliphatic carbocycles. The predicted octanol–water partition coefficient (Wildman–Crippen LogP) is 1.64. The molecule has 0 aromatic heterocycles. The Kier molecular flexibility index (Phi) is 4.23. The number of benzene rings is 1. The predicted molar refractivity (Wildman–Crippen MR) is 81.1 cm³/mol. The summed E-state index contributed by atoms with van der Waals surface area (Å²) in [5.41, 5.74) is 5.23. The second-order valence-electron chi connectivity index (χ2n) is 5.08. The number of nitrogens with zero attached hydrogens (tertiary/aromatic N) is 1. The zero-order valence-electron chi connectivity index (χ0n) is 12.1. The third-order valence-electron chi connectivity index (χ3n) is 3.62. The smallest absolute Gasteiger partial charge is 0.269 e. The van der Waals surface area contributed by atoms with Crippen molar-refractivity contribution >= 4 is 23.8 Å². The van der Waals surface area contributed by atoms with Crippen LogP contribution < -0.4 is 11.1 Å². The summed E-state index contributed by atoms with van der Waals surface area (Å²) in [6.45, 7) is 1.73. The zero-order chi connectivity index (χ0) is 16.5. The Morgan fingerprint density at radius 3 is 2.73 bits per heavy atom. The molecule has 1 unspecified atom stereocenters. The molecular weight excluding hydrogens is 309 g/mol. The minimum Gasteiger partial charge on any atom is -0.396 e. The minimum atomic E-state index is -0.960. The second kappa shape index (κ2) is 5.81. The van der Waals surface area contributed by atoms with Crippen LogP contribution in [0.2, 0.25) is 5.02 Å². The van der Waals surface area contributed by atoms with Crippen molar-refractivity contribution in [2.45, 2.75) is 12.6 Å². The summed E-state index contributed by atoms with van der Waals surface area (Å²) in [5, 5.41) is 3.01. The van der Waals surface area contributed by atoms with Gasteiger partial charge < -0.3 is 16.0 Å². The van der Waals surface area contributed by atoms with Gasteiger partial charge in [0.05, 0.1) is 5.70 Å². The Morgan fingerprint density at radius 1 is 1.45 bits per heavy atom. The molecule has 0 bridgehead atoms. The number of amides is 1. The third kappa shape index (κ3) is 2.82. The van der Waals surface area contributed by atoms with Gasteiger partial charge in [0, 0.05) is 17.6 Å². The molecule has 116 valence electrons. The van der Waals surface area contributed by atoms with Gasteiger partial charge in [-0.25, -0.2) is 4.39 Å². The van der Waals surface area contributed by atoms with E-state index in [4.69, 9.17) is 17.3 Å². The molecule has 5 nitrogen and oxygen atoms in total. The van der Waals surface area contributed by atoms with Gasteiger partial charge in [0.15, 0.2) is 6.29 Å². The van der Waals surface area contributed by atoms with Crippen LogP contribution in [0.3, 0.4) is 0 Å². The van der Waals surface area contributed by atoms with Crippen molar-refractivity contribution in [3.63, 3.8) is 0 Å². The van der Waals surface area contributed by atoms with E-state index < -0.39 is 11.5 Å².